The molecule has 0 aromatic heterocycles. The molecule has 9 nitrogen and oxygen atoms in total. The third kappa shape index (κ3) is 622. The largest absolute Gasteiger partial charge is 0.759 e. The molecule has 0 unspecified atom stereocenters. The summed E-state index contributed by atoms with van der Waals surface area (Å²) in [5.74, 6) is -1.12. The molecule has 0 amide bonds. The molecule has 0 saturated heterocycles. The van der Waals surface area contributed by atoms with Crippen LogP contribution in [0.3, 0.4) is 0 Å². The van der Waals surface area contributed by atoms with Gasteiger partial charge in [-0.05, 0) is 40.7 Å². The molecule has 9 N–H and O–H groups in total. The van der Waals surface area contributed by atoms with Crippen LogP contribution in [0.2, 0.25) is 0 Å². The Morgan fingerprint density at radius 2 is 1.10 bits per heavy atom. The minimum Gasteiger partial charge on any atom is -0.759 e. The van der Waals surface area contributed by atoms with E-state index in [0.717, 1.165) is 31.3 Å². The minimum absolute atomic E-state index is 0.750. The maximum Gasteiger partial charge on any atom is 0.0711 e. The fraction of sp³-hybridized carbons (Fsp3) is 0.727. The molecule has 0 aliphatic carbocycles. The van der Waals surface area contributed by atoms with Crippen molar-refractivity contribution >= 4 is 16.4 Å². The Labute approximate surface area is 127 Å². The number of carbonyl (C=O) groups is 1. The summed E-state index contributed by atoms with van der Waals surface area (Å²) in [5, 5.41) is 9.62. The maximum absolute atomic E-state index is 9.62. The Morgan fingerprint density at radius 1 is 0.952 bits per heavy atom. The fourth-order valence-corrected chi connectivity index (χ4v) is 0.236. The molecular weight excluding hydrogens is 302 g/mol. The standard InChI is InChI=1S/C5H8O2.3C2H7N.H2O4S/c1-4(2)3-5(6)7;3*1-2-3;1-5(2,3)4/h3H,1-2H3,(H,6,7);3*2-3H2,1H3;(H2,1,2,3,4). The van der Waals surface area contributed by atoms with E-state index in [1.807, 2.05) is 20.8 Å². The Morgan fingerprint density at radius 3 is 1.10 bits per heavy atom. The van der Waals surface area contributed by atoms with E-state index in [0.29, 0.717) is 0 Å². The number of allylic oxidation sites excluding steroid dienone is 1. The summed E-state index contributed by atoms with van der Waals surface area (Å²) in [5.41, 5.74) is 11.2. The lowest BCUT2D eigenvalue weighted by molar-refractivity contribution is -0.362. The van der Waals surface area contributed by atoms with Crippen molar-refractivity contribution in [1.29, 1.82) is 0 Å². The van der Waals surface area contributed by atoms with Crippen molar-refractivity contribution in [3.8, 4) is 0 Å². The number of aliphatic carboxylic acids is 1. The summed E-state index contributed by atoms with van der Waals surface area (Å²) in [6, 6.07) is 0. The molecular formula is C11H31N3O6S. The number of rotatable bonds is 1. The number of carboxylic acids is 1. The van der Waals surface area contributed by atoms with Crippen molar-refractivity contribution in [3.63, 3.8) is 0 Å². The van der Waals surface area contributed by atoms with Crippen molar-refractivity contribution in [2.45, 2.75) is 34.6 Å². The number of carboxylic acid groups (broad SMARTS) is 1. The third-order valence-electron chi connectivity index (χ3n) is 0.407. The lowest BCUT2D eigenvalue weighted by Gasteiger charge is -2.06. The second-order valence-corrected chi connectivity index (χ2v) is 4.27. The summed E-state index contributed by atoms with van der Waals surface area (Å²) in [7, 11) is -5.17. The van der Waals surface area contributed by atoms with E-state index in [1.54, 1.807) is 13.8 Å². The van der Waals surface area contributed by atoms with Gasteiger partial charge in [-0.1, -0.05) is 5.57 Å². The van der Waals surface area contributed by atoms with Gasteiger partial charge in [0.05, 0.1) is 25.6 Å². The van der Waals surface area contributed by atoms with E-state index in [-0.39, 0.29) is 0 Å². The van der Waals surface area contributed by atoms with E-state index in [4.69, 9.17) is 17.5 Å². The summed E-state index contributed by atoms with van der Waals surface area (Å²) in [6.45, 7) is 12.5. The molecule has 21 heavy (non-hydrogen) atoms. The second kappa shape index (κ2) is 27.3. The van der Waals surface area contributed by atoms with Gasteiger partial charge in [0.25, 0.3) is 0 Å². The topological polar surface area (TPSA) is 203 Å². The molecule has 0 fully saturated rings. The highest BCUT2D eigenvalue weighted by Crippen LogP contribution is 1.83. The number of hydrogen-bond acceptors (Lipinski definition) is 6. The summed E-state index contributed by atoms with van der Waals surface area (Å²) >= 11 is 0. The predicted octanol–water partition coefficient (Wildman–Crippen LogP) is -3.89. The molecule has 0 radical (unpaired) electrons. The van der Waals surface area contributed by atoms with Crippen LogP contribution in [0.25, 0.3) is 0 Å². The summed E-state index contributed by atoms with van der Waals surface area (Å²) < 4.78 is 34.1. The predicted molar refractivity (Wildman–Crippen MR) is 75.2 cm³/mol. The Bertz CT molecular complexity index is 301. The Hall–Kier alpha value is -1.04. The number of hydrogen-bond donors (Lipinski definition) is 3. The van der Waals surface area contributed by atoms with Crippen LogP contribution in [0.4, 0.5) is 0 Å². The molecule has 0 spiro atoms. The highest BCUT2D eigenvalue weighted by molar-refractivity contribution is 7.79. The van der Waals surface area contributed by atoms with E-state index < -0.39 is 16.4 Å². The van der Waals surface area contributed by atoms with Gasteiger partial charge >= 0.3 is 0 Å². The van der Waals surface area contributed by atoms with Crippen LogP contribution in [0, 0.1) is 0 Å². The van der Waals surface area contributed by atoms with E-state index in [9.17, 15) is 9.90 Å². The molecule has 0 bridgehead atoms. The first kappa shape index (κ1) is 32.1. The van der Waals surface area contributed by atoms with E-state index >= 15 is 0 Å². The van der Waals surface area contributed by atoms with Crippen LogP contribution in [-0.2, 0) is 15.2 Å². The van der Waals surface area contributed by atoms with Crippen LogP contribution >= 0.6 is 0 Å². The molecule has 0 aromatic carbocycles. The molecule has 0 atom stereocenters. The SMILES string of the molecule is CC(C)=CC(=O)[O-].CC[NH3+].CC[NH3+].CC[NH3+].O=S(=O)([O-])[O-]. The van der Waals surface area contributed by atoms with Crippen LogP contribution in [0.5, 0.6) is 0 Å². The van der Waals surface area contributed by atoms with Gasteiger partial charge in [-0.2, -0.15) is 0 Å². The molecule has 10 heteroatoms. The molecule has 0 rings (SSSR count). The van der Waals surface area contributed by atoms with Crippen molar-refractivity contribution in [3.05, 3.63) is 11.6 Å². The van der Waals surface area contributed by atoms with E-state index in [1.165, 1.54) is 0 Å². The smallest absolute Gasteiger partial charge is 0.0711 e. The first-order chi connectivity index (χ1) is 9.37. The summed E-state index contributed by atoms with van der Waals surface area (Å²) in [6.07, 6.45) is 1.06. The molecule has 0 aromatic rings. The fourth-order valence-electron chi connectivity index (χ4n) is 0.236. The maximum atomic E-state index is 9.62. The molecule has 0 saturated carbocycles. The zero-order chi connectivity index (χ0) is 18.5. The van der Waals surface area contributed by atoms with Gasteiger partial charge in [-0.3, -0.25) is 8.42 Å². The van der Waals surface area contributed by atoms with Crippen molar-refractivity contribution in [2.75, 3.05) is 19.6 Å². The number of carbonyl (C=O) groups excluding carboxylic acids is 1. The highest BCUT2D eigenvalue weighted by Gasteiger charge is 1.72. The monoisotopic (exact) mass is 333 g/mol. The van der Waals surface area contributed by atoms with Crippen LogP contribution < -0.4 is 22.3 Å². The van der Waals surface area contributed by atoms with Gasteiger partial charge < -0.3 is 36.2 Å². The molecule has 0 heterocycles. The number of quaternary nitrogens is 3. The van der Waals surface area contributed by atoms with Gasteiger partial charge in [0.1, 0.15) is 0 Å². The van der Waals surface area contributed by atoms with Crippen molar-refractivity contribution in [2.24, 2.45) is 0 Å². The van der Waals surface area contributed by atoms with Gasteiger partial charge in [0.15, 0.2) is 0 Å². The quantitative estimate of drug-likeness (QED) is 0.248. The highest BCUT2D eigenvalue weighted by atomic mass is 32.3. The van der Waals surface area contributed by atoms with Crippen molar-refractivity contribution < 1.29 is 44.6 Å². The Balaban J connectivity index is -0.0000000540. The first-order valence-corrected chi connectivity index (χ1v) is 7.61. The average Bonchev–Trinajstić information content (AvgIpc) is 2.15. The van der Waals surface area contributed by atoms with Crippen molar-refractivity contribution in [1.82, 2.24) is 0 Å². The van der Waals surface area contributed by atoms with Crippen LogP contribution in [0.15, 0.2) is 11.6 Å². The van der Waals surface area contributed by atoms with Crippen LogP contribution in [0.1, 0.15) is 34.6 Å². The summed E-state index contributed by atoms with van der Waals surface area (Å²) in [4.78, 5) is 9.62. The zero-order valence-corrected chi connectivity index (χ0v) is 14.5. The van der Waals surface area contributed by atoms with Gasteiger partial charge in [0.2, 0.25) is 0 Å². The third-order valence-corrected chi connectivity index (χ3v) is 0.407. The van der Waals surface area contributed by atoms with Gasteiger partial charge in [-0.25, -0.2) is 0 Å². The lowest BCUT2D eigenvalue weighted by atomic mass is 10.3. The Kier molecular flexibility index (Phi) is 41.7. The van der Waals surface area contributed by atoms with E-state index in [2.05, 4.69) is 17.2 Å². The average molecular weight is 333 g/mol. The second-order valence-electron chi connectivity index (χ2n) is 3.45. The van der Waals surface area contributed by atoms with Gasteiger partial charge in [-0.15, -0.1) is 0 Å². The first-order valence-electron chi connectivity index (χ1n) is 6.27. The van der Waals surface area contributed by atoms with Gasteiger partial charge in [0, 0.05) is 10.4 Å². The molecule has 132 valence electrons. The lowest BCUT2D eigenvalue weighted by Crippen LogP contribution is -2.48. The molecule has 0 aliphatic heterocycles. The normalized spacial score (nSPS) is 7.90. The zero-order valence-electron chi connectivity index (χ0n) is 13.7. The molecule has 0 aliphatic rings. The minimum atomic E-state index is -5.17. The van der Waals surface area contributed by atoms with Crippen LogP contribution in [-0.4, -0.2) is 43.1 Å².